The van der Waals surface area contributed by atoms with Crippen LogP contribution in [-0.4, -0.2) is 0 Å². The van der Waals surface area contributed by atoms with Crippen molar-refractivity contribution < 1.29 is 0 Å². The number of rotatable bonds is 16. The highest BCUT2D eigenvalue weighted by Gasteiger charge is 1.97. The molecule has 0 bridgehead atoms. The molecular weight excluding hydrogens is 288 g/mol. The Hall–Kier alpha value is -0.780. The molecule has 0 aliphatic carbocycles. The van der Waals surface area contributed by atoms with E-state index in [-0.39, 0.29) is 0 Å². The van der Waals surface area contributed by atoms with Crippen molar-refractivity contribution in [3.05, 3.63) is 35.4 Å². The molecule has 1 aromatic carbocycles. The third-order valence-electron chi connectivity index (χ3n) is 5.22. The molecule has 0 radical (unpaired) electrons. The van der Waals surface area contributed by atoms with Crippen LogP contribution >= 0.6 is 0 Å². The van der Waals surface area contributed by atoms with Crippen molar-refractivity contribution >= 4 is 0 Å². The first-order chi connectivity index (χ1) is 11.9. The van der Waals surface area contributed by atoms with Crippen LogP contribution in [0.5, 0.6) is 0 Å². The van der Waals surface area contributed by atoms with Crippen molar-refractivity contribution in [3.63, 3.8) is 0 Å². The standard InChI is InChI=1S/C24H42/c1-3-5-6-7-8-9-10-11-12-13-14-15-16-17-19-24-21-18-20-23(4-2)22-24/h18,20-22H,3-17,19H2,1-2H3. The lowest BCUT2D eigenvalue weighted by Crippen LogP contribution is -1.89. The maximum atomic E-state index is 2.39. The molecule has 0 aliphatic rings. The molecule has 138 valence electrons. The molecule has 0 unspecified atom stereocenters. The highest BCUT2D eigenvalue weighted by Crippen LogP contribution is 2.14. The zero-order valence-corrected chi connectivity index (χ0v) is 16.6. The normalized spacial score (nSPS) is 11.1. The fraction of sp³-hybridized carbons (Fsp3) is 0.750. The van der Waals surface area contributed by atoms with E-state index in [0.717, 1.165) is 6.42 Å². The largest absolute Gasteiger partial charge is 0.0654 e. The summed E-state index contributed by atoms with van der Waals surface area (Å²) >= 11 is 0. The number of hydrogen-bond donors (Lipinski definition) is 0. The van der Waals surface area contributed by atoms with Crippen molar-refractivity contribution in [3.8, 4) is 0 Å². The van der Waals surface area contributed by atoms with Gasteiger partial charge in [0, 0.05) is 0 Å². The molecule has 0 saturated heterocycles. The van der Waals surface area contributed by atoms with Crippen LogP contribution in [0.2, 0.25) is 0 Å². The van der Waals surface area contributed by atoms with Gasteiger partial charge in [-0.3, -0.25) is 0 Å². The molecule has 1 rings (SSSR count). The molecule has 1 aromatic rings. The molecule has 0 spiro atoms. The van der Waals surface area contributed by atoms with E-state index in [9.17, 15) is 0 Å². The lowest BCUT2D eigenvalue weighted by atomic mass is 10.0. The van der Waals surface area contributed by atoms with E-state index < -0.39 is 0 Å². The van der Waals surface area contributed by atoms with Crippen molar-refractivity contribution in [2.24, 2.45) is 0 Å². The summed E-state index contributed by atoms with van der Waals surface area (Å²) in [6.07, 6.45) is 22.6. The predicted octanol–water partition coefficient (Wildman–Crippen LogP) is 8.27. The van der Waals surface area contributed by atoms with Crippen molar-refractivity contribution in [2.45, 2.75) is 117 Å². The summed E-state index contributed by atoms with van der Waals surface area (Å²) in [5.41, 5.74) is 3.02. The Bertz CT molecular complexity index is 379. The molecular formula is C24H42. The second-order valence-corrected chi connectivity index (χ2v) is 7.52. The van der Waals surface area contributed by atoms with Gasteiger partial charge in [0.2, 0.25) is 0 Å². The van der Waals surface area contributed by atoms with E-state index in [0.29, 0.717) is 0 Å². The van der Waals surface area contributed by atoms with Crippen LogP contribution in [0.3, 0.4) is 0 Å². The predicted molar refractivity (Wildman–Crippen MR) is 110 cm³/mol. The van der Waals surface area contributed by atoms with Crippen LogP contribution in [0.15, 0.2) is 24.3 Å². The van der Waals surface area contributed by atoms with Gasteiger partial charge in [-0.1, -0.05) is 122 Å². The average molecular weight is 331 g/mol. The Morgan fingerprint density at radius 3 is 1.50 bits per heavy atom. The van der Waals surface area contributed by atoms with Crippen molar-refractivity contribution in [1.29, 1.82) is 0 Å². The molecule has 0 N–H and O–H groups in total. The van der Waals surface area contributed by atoms with Gasteiger partial charge in [0.05, 0.1) is 0 Å². The fourth-order valence-corrected chi connectivity index (χ4v) is 3.53. The van der Waals surface area contributed by atoms with Crippen LogP contribution < -0.4 is 0 Å². The summed E-state index contributed by atoms with van der Waals surface area (Å²) in [6, 6.07) is 9.15. The van der Waals surface area contributed by atoms with Crippen LogP contribution in [-0.2, 0) is 12.8 Å². The van der Waals surface area contributed by atoms with Crippen LogP contribution in [0, 0.1) is 0 Å². The minimum atomic E-state index is 1.16. The van der Waals surface area contributed by atoms with Crippen LogP contribution in [0.4, 0.5) is 0 Å². The van der Waals surface area contributed by atoms with Gasteiger partial charge in [-0.2, -0.15) is 0 Å². The number of aryl methyl sites for hydroxylation is 2. The summed E-state index contributed by atoms with van der Waals surface area (Å²) in [4.78, 5) is 0. The smallest absolute Gasteiger partial charge is 0.0279 e. The van der Waals surface area contributed by atoms with Gasteiger partial charge in [0.25, 0.3) is 0 Å². The van der Waals surface area contributed by atoms with Crippen molar-refractivity contribution in [2.75, 3.05) is 0 Å². The molecule has 0 fully saturated rings. The zero-order chi connectivity index (χ0) is 17.3. The highest BCUT2D eigenvalue weighted by atomic mass is 14.0. The maximum absolute atomic E-state index is 2.39. The molecule has 0 aromatic heterocycles. The molecule has 0 saturated carbocycles. The zero-order valence-electron chi connectivity index (χ0n) is 16.6. The minimum Gasteiger partial charge on any atom is -0.0654 e. The van der Waals surface area contributed by atoms with Gasteiger partial charge in [-0.05, 0) is 30.4 Å². The molecule has 0 aliphatic heterocycles. The van der Waals surface area contributed by atoms with E-state index in [1.807, 2.05) is 0 Å². The topological polar surface area (TPSA) is 0 Å². The third-order valence-corrected chi connectivity index (χ3v) is 5.22. The lowest BCUT2D eigenvalue weighted by molar-refractivity contribution is 0.535. The summed E-state index contributed by atoms with van der Waals surface area (Å²) in [6.45, 7) is 4.54. The van der Waals surface area contributed by atoms with Gasteiger partial charge in [-0.25, -0.2) is 0 Å². The molecule has 0 heterocycles. The highest BCUT2D eigenvalue weighted by molar-refractivity contribution is 5.23. The first-order valence-electron chi connectivity index (χ1n) is 10.9. The van der Waals surface area contributed by atoms with Crippen molar-refractivity contribution in [1.82, 2.24) is 0 Å². The second-order valence-electron chi connectivity index (χ2n) is 7.52. The van der Waals surface area contributed by atoms with E-state index in [4.69, 9.17) is 0 Å². The Morgan fingerprint density at radius 2 is 1.00 bits per heavy atom. The minimum absolute atomic E-state index is 1.16. The van der Waals surface area contributed by atoms with Crippen LogP contribution in [0.1, 0.15) is 115 Å². The Kier molecular flexibility index (Phi) is 13.9. The first-order valence-corrected chi connectivity index (χ1v) is 10.9. The van der Waals surface area contributed by atoms with E-state index >= 15 is 0 Å². The summed E-state index contributed by atoms with van der Waals surface area (Å²) in [5, 5.41) is 0. The number of benzene rings is 1. The second kappa shape index (κ2) is 15.7. The van der Waals surface area contributed by atoms with Gasteiger partial charge >= 0.3 is 0 Å². The quantitative estimate of drug-likeness (QED) is 0.267. The van der Waals surface area contributed by atoms with Crippen LogP contribution in [0.25, 0.3) is 0 Å². The SMILES string of the molecule is CCCCCCCCCCCCCCCCc1cccc(CC)c1. The Morgan fingerprint density at radius 1 is 0.542 bits per heavy atom. The fourth-order valence-electron chi connectivity index (χ4n) is 3.53. The van der Waals surface area contributed by atoms with E-state index in [1.165, 1.54) is 107 Å². The first kappa shape index (κ1) is 21.3. The molecule has 0 nitrogen and oxygen atoms in total. The maximum Gasteiger partial charge on any atom is -0.0279 e. The Labute approximate surface area is 152 Å². The molecule has 0 heteroatoms. The van der Waals surface area contributed by atoms with Gasteiger partial charge in [-0.15, -0.1) is 0 Å². The van der Waals surface area contributed by atoms with Gasteiger partial charge in [0.1, 0.15) is 0 Å². The van der Waals surface area contributed by atoms with E-state index in [2.05, 4.69) is 38.1 Å². The molecule has 24 heavy (non-hydrogen) atoms. The Balaban J connectivity index is 1.82. The summed E-state index contributed by atoms with van der Waals surface area (Å²) in [7, 11) is 0. The van der Waals surface area contributed by atoms with E-state index in [1.54, 1.807) is 0 Å². The summed E-state index contributed by atoms with van der Waals surface area (Å²) < 4.78 is 0. The molecule has 0 amide bonds. The summed E-state index contributed by atoms with van der Waals surface area (Å²) in [5.74, 6) is 0. The average Bonchev–Trinajstić information content (AvgIpc) is 2.62. The van der Waals surface area contributed by atoms with Gasteiger partial charge < -0.3 is 0 Å². The third kappa shape index (κ3) is 11.7. The monoisotopic (exact) mass is 330 g/mol. The number of hydrogen-bond acceptors (Lipinski definition) is 0. The molecule has 0 atom stereocenters. The lowest BCUT2D eigenvalue weighted by Gasteiger charge is -2.05. The number of unbranched alkanes of at least 4 members (excludes halogenated alkanes) is 13. The van der Waals surface area contributed by atoms with Gasteiger partial charge in [0.15, 0.2) is 0 Å².